The van der Waals surface area contributed by atoms with Crippen molar-refractivity contribution in [3.63, 3.8) is 0 Å². The predicted molar refractivity (Wildman–Crippen MR) is 141 cm³/mol. The summed E-state index contributed by atoms with van der Waals surface area (Å²) in [4.78, 5) is 5.38. The Morgan fingerprint density at radius 1 is 1.03 bits per heavy atom. The largest absolute Gasteiger partial charge is 0.497 e. The highest BCUT2D eigenvalue weighted by atomic mass is 32.1. The highest BCUT2D eigenvalue weighted by Crippen LogP contribution is 2.36. The summed E-state index contributed by atoms with van der Waals surface area (Å²) >= 11 is 5.64. The van der Waals surface area contributed by atoms with Crippen LogP contribution >= 0.6 is 12.2 Å². The zero-order chi connectivity index (χ0) is 25.7. The van der Waals surface area contributed by atoms with Crippen molar-refractivity contribution < 1.29 is 22.6 Å². The maximum atomic E-state index is 13.1. The lowest BCUT2D eigenvalue weighted by molar-refractivity contribution is -0.136. The van der Waals surface area contributed by atoms with Gasteiger partial charge < -0.3 is 30.3 Å². The first kappa shape index (κ1) is 26.3. The monoisotopic (exact) mass is 522 g/mol. The van der Waals surface area contributed by atoms with Gasteiger partial charge in [-0.05, 0) is 68.1 Å². The van der Waals surface area contributed by atoms with E-state index in [9.17, 15) is 13.2 Å². The van der Waals surface area contributed by atoms with Gasteiger partial charge in [-0.2, -0.15) is 13.2 Å². The molecule has 2 aromatic carbocycles. The lowest BCUT2D eigenvalue weighted by Gasteiger charge is -2.38. The maximum absolute atomic E-state index is 13.1. The average Bonchev–Trinajstić information content (AvgIpc) is 2.88. The van der Waals surface area contributed by atoms with E-state index in [1.54, 1.807) is 13.2 Å². The van der Waals surface area contributed by atoms with Crippen LogP contribution in [0.15, 0.2) is 42.5 Å². The molecular weight excluding hydrogens is 489 g/mol. The van der Waals surface area contributed by atoms with Crippen molar-refractivity contribution in [1.82, 2.24) is 4.90 Å². The maximum Gasteiger partial charge on any atom is 0.418 e. The third-order valence-corrected chi connectivity index (χ3v) is 7.29. The molecule has 4 rings (SSSR count). The van der Waals surface area contributed by atoms with Crippen molar-refractivity contribution in [3.05, 3.63) is 48.0 Å². The molecule has 0 amide bonds. The Kier molecular flexibility index (Phi) is 8.46. The van der Waals surface area contributed by atoms with E-state index in [0.29, 0.717) is 12.3 Å². The molecule has 1 saturated carbocycles. The van der Waals surface area contributed by atoms with Gasteiger partial charge in [-0.25, -0.2) is 0 Å². The summed E-state index contributed by atoms with van der Waals surface area (Å²) in [6, 6.07) is 12.2. The van der Waals surface area contributed by atoms with Crippen LogP contribution in [0.1, 0.15) is 31.2 Å². The quantitative estimate of drug-likeness (QED) is 0.384. The molecule has 1 saturated heterocycles. The summed E-state index contributed by atoms with van der Waals surface area (Å²) < 4.78 is 50.7. The first-order valence-corrected chi connectivity index (χ1v) is 12.7. The summed E-state index contributed by atoms with van der Waals surface area (Å²) in [5.41, 5.74) is 6.05. The number of nitrogens with two attached hydrogens (primary N) is 1. The molecule has 1 aliphatic carbocycles. The molecule has 0 radical (unpaired) electrons. The molecule has 0 aromatic heterocycles. The van der Waals surface area contributed by atoms with Gasteiger partial charge in [-0.1, -0.05) is 12.2 Å². The molecule has 10 heteroatoms. The molecule has 0 spiro atoms. The molecule has 36 heavy (non-hydrogen) atoms. The van der Waals surface area contributed by atoms with Gasteiger partial charge in [0.15, 0.2) is 0 Å². The number of nitrogens with one attached hydrogen (secondary N) is 1. The van der Waals surface area contributed by atoms with Gasteiger partial charge in [0.25, 0.3) is 0 Å². The number of hydrogen-bond acceptors (Lipinski definition) is 6. The molecular formula is C26H33F3N4O2S. The Labute approximate surface area is 215 Å². The number of nitrogen functional groups attached to an aromatic ring is 1. The predicted octanol–water partition coefficient (Wildman–Crippen LogP) is 5.19. The summed E-state index contributed by atoms with van der Waals surface area (Å²) in [6.45, 7) is 3.92. The normalized spacial score (nSPS) is 20.8. The van der Waals surface area contributed by atoms with E-state index < -0.39 is 11.7 Å². The Bertz CT molecular complexity index is 1020. The Balaban J connectivity index is 1.17. The minimum absolute atomic E-state index is 0.104. The molecule has 1 heterocycles. The van der Waals surface area contributed by atoms with Gasteiger partial charge in [0.05, 0.1) is 25.4 Å². The number of piperazine rings is 1. The minimum Gasteiger partial charge on any atom is -0.497 e. The van der Waals surface area contributed by atoms with E-state index in [4.69, 9.17) is 27.4 Å². The van der Waals surface area contributed by atoms with Gasteiger partial charge in [0, 0.05) is 49.3 Å². The van der Waals surface area contributed by atoms with Crippen LogP contribution in [-0.4, -0.2) is 61.9 Å². The minimum atomic E-state index is -4.46. The van der Waals surface area contributed by atoms with Gasteiger partial charge in [-0.15, -0.1) is 0 Å². The number of methoxy groups -OCH3 is 1. The SMILES string of the molecule is COc1ccc(N2CCN(C(=S)COC3CCC(Nc4ccc(N)c(C(F)(F)F)c4)CC3)CC2)cc1. The van der Waals surface area contributed by atoms with Crippen molar-refractivity contribution in [2.75, 3.05) is 55.8 Å². The van der Waals surface area contributed by atoms with Crippen molar-refractivity contribution in [2.45, 2.75) is 44.0 Å². The van der Waals surface area contributed by atoms with Crippen molar-refractivity contribution in [2.24, 2.45) is 0 Å². The third kappa shape index (κ3) is 6.73. The number of alkyl halides is 3. The first-order chi connectivity index (χ1) is 17.2. The molecule has 2 aliphatic rings. The summed E-state index contributed by atoms with van der Waals surface area (Å²) in [5, 5.41) is 3.22. The van der Waals surface area contributed by atoms with E-state index in [-0.39, 0.29) is 17.8 Å². The number of ether oxygens (including phenoxy) is 2. The lowest BCUT2D eigenvalue weighted by Crippen LogP contribution is -2.49. The topological polar surface area (TPSA) is 63.0 Å². The second-order valence-corrected chi connectivity index (χ2v) is 9.77. The Morgan fingerprint density at radius 2 is 1.69 bits per heavy atom. The third-order valence-electron chi connectivity index (χ3n) is 6.92. The number of nitrogens with zero attached hydrogens (tertiary/aromatic N) is 2. The standard InChI is InChI=1S/C26H33F3N4O2S/c1-34-21-9-5-20(6-10-21)32-12-14-33(15-13-32)25(36)17-35-22-7-2-18(3-8-22)31-19-4-11-24(30)23(16-19)26(27,28)29/h4-6,9-11,16,18,22,31H,2-3,7-8,12-15,17,30H2,1H3. The van der Waals surface area contributed by atoms with E-state index in [1.807, 2.05) is 12.1 Å². The van der Waals surface area contributed by atoms with Crippen molar-refractivity contribution in [3.8, 4) is 5.75 Å². The fourth-order valence-electron chi connectivity index (χ4n) is 4.79. The van der Waals surface area contributed by atoms with Gasteiger partial charge in [0.2, 0.25) is 0 Å². The summed E-state index contributed by atoms with van der Waals surface area (Å²) in [7, 11) is 1.66. The fourth-order valence-corrected chi connectivity index (χ4v) is 5.04. The number of thiocarbonyl (C=S) groups is 1. The second-order valence-electron chi connectivity index (χ2n) is 9.29. The van der Waals surface area contributed by atoms with Gasteiger partial charge in [-0.3, -0.25) is 0 Å². The highest BCUT2D eigenvalue weighted by molar-refractivity contribution is 7.80. The van der Waals surface area contributed by atoms with E-state index in [0.717, 1.165) is 68.7 Å². The van der Waals surface area contributed by atoms with Crippen LogP contribution in [0.2, 0.25) is 0 Å². The average molecular weight is 523 g/mol. The smallest absolute Gasteiger partial charge is 0.418 e. The van der Waals surface area contributed by atoms with E-state index >= 15 is 0 Å². The molecule has 1 aliphatic heterocycles. The van der Waals surface area contributed by atoms with E-state index in [2.05, 4.69) is 27.2 Å². The first-order valence-electron chi connectivity index (χ1n) is 12.2. The lowest BCUT2D eigenvalue weighted by atomic mass is 9.92. The number of halogens is 3. The summed E-state index contributed by atoms with van der Waals surface area (Å²) in [5.74, 6) is 0.848. The Morgan fingerprint density at radius 3 is 2.31 bits per heavy atom. The molecule has 0 unspecified atom stereocenters. The van der Waals surface area contributed by atoms with Gasteiger partial charge in [0.1, 0.15) is 10.7 Å². The second kappa shape index (κ2) is 11.6. The Hall–Kier alpha value is -2.72. The highest BCUT2D eigenvalue weighted by Gasteiger charge is 2.33. The summed E-state index contributed by atoms with van der Waals surface area (Å²) in [6.07, 6.45) is -1.03. The number of benzene rings is 2. The molecule has 6 nitrogen and oxygen atoms in total. The van der Waals surface area contributed by atoms with Crippen LogP contribution in [0, 0.1) is 0 Å². The van der Waals surface area contributed by atoms with E-state index in [1.165, 1.54) is 11.8 Å². The molecule has 0 bridgehead atoms. The number of rotatable bonds is 7. The van der Waals surface area contributed by atoms with Crippen LogP contribution in [0.3, 0.4) is 0 Å². The fraction of sp³-hybridized carbons (Fsp3) is 0.500. The molecule has 2 aromatic rings. The van der Waals surface area contributed by atoms with Gasteiger partial charge >= 0.3 is 6.18 Å². The zero-order valence-electron chi connectivity index (χ0n) is 20.4. The van der Waals surface area contributed by atoms with Crippen LogP contribution in [0.5, 0.6) is 5.75 Å². The molecule has 3 N–H and O–H groups in total. The van der Waals surface area contributed by atoms with Crippen LogP contribution in [0.25, 0.3) is 0 Å². The van der Waals surface area contributed by atoms with Crippen LogP contribution in [0.4, 0.5) is 30.2 Å². The number of anilines is 3. The van der Waals surface area contributed by atoms with Crippen molar-refractivity contribution in [1.29, 1.82) is 0 Å². The molecule has 2 fully saturated rings. The van der Waals surface area contributed by atoms with Crippen molar-refractivity contribution >= 4 is 34.3 Å². The van der Waals surface area contributed by atoms with Crippen LogP contribution in [-0.2, 0) is 10.9 Å². The zero-order valence-corrected chi connectivity index (χ0v) is 21.2. The number of hydrogen-bond donors (Lipinski definition) is 2. The molecule has 196 valence electrons. The van der Waals surface area contributed by atoms with Crippen LogP contribution < -0.4 is 20.7 Å². The molecule has 0 atom stereocenters.